The molecule has 13 heavy (non-hydrogen) atoms. The first-order valence-electron chi connectivity index (χ1n) is 5.64. The molecular weight excluding hydrogens is 158 g/mol. The molecule has 0 bridgehead atoms. The SMILES string of the molecule is CCCCC(C)C(C)C(C)(C)NC. The Bertz CT molecular complexity index is 129. The van der Waals surface area contributed by atoms with Crippen molar-refractivity contribution in [3.8, 4) is 0 Å². The summed E-state index contributed by atoms with van der Waals surface area (Å²) in [5, 5.41) is 3.40. The highest BCUT2D eigenvalue weighted by Crippen LogP contribution is 2.27. The van der Waals surface area contributed by atoms with Crippen LogP contribution < -0.4 is 5.32 Å². The number of nitrogens with one attached hydrogen (secondary N) is 1. The number of hydrogen-bond donors (Lipinski definition) is 1. The van der Waals surface area contributed by atoms with Gasteiger partial charge in [-0.15, -0.1) is 0 Å². The van der Waals surface area contributed by atoms with Crippen molar-refractivity contribution in [2.24, 2.45) is 11.8 Å². The molecule has 1 nitrogen and oxygen atoms in total. The van der Waals surface area contributed by atoms with Crippen molar-refractivity contribution in [2.45, 2.75) is 59.4 Å². The van der Waals surface area contributed by atoms with E-state index in [0.717, 1.165) is 11.8 Å². The van der Waals surface area contributed by atoms with Crippen LogP contribution >= 0.6 is 0 Å². The van der Waals surface area contributed by atoms with E-state index in [1.54, 1.807) is 0 Å². The van der Waals surface area contributed by atoms with Gasteiger partial charge in [-0.1, -0.05) is 40.0 Å². The van der Waals surface area contributed by atoms with Crippen LogP contribution in [0.2, 0.25) is 0 Å². The van der Waals surface area contributed by atoms with Crippen LogP contribution in [-0.4, -0.2) is 12.6 Å². The molecule has 2 unspecified atom stereocenters. The third-order valence-corrected chi connectivity index (χ3v) is 3.65. The highest BCUT2D eigenvalue weighted by atomic mass is 14.9. The minimum absolute atomic E-state index is 0.271. The van der Waals surface area contributed by atoms with Crippen LogP contribution in [0.4, 0.5) is 0 Å². The minimum atomic E-state index is 0.271. The van der Waals surface area contributed by atoms with E-state index >= 15 is 0 Å². The summed E-state index contributed by atoms with van der Waals surface area (Å²) in [5.74, 6) is 1.56. The van der Waals surface area contributed by atoms with Gasteiger partial charge >= 0.3 is 0 Å². The minimum Gasteiger partial charge on any atom is -0.315 e. The van der Waals surface area contributed by atoms with Crippen molar-refractivity contribution in [1.29, 1.82) is 0 Å². The van der Waals surface area contributed by atoms with Gasteiger partial charge in [0.2, 0.25) is 0 Å². The Balaban J connectivity index is 4.00. The molecule has 0 rings (SSSR count). The van der Waals surface area contributed by atoms with Gasteiger partial charge in [-0.2, -0.15) is 0 Å². The molecule has 0 aromatic carbocycles. The molecule has 80 valence electrons. The second-order valence-electron chi connectivity index (χ2n) is 4.88. The van der Waals surface area contributed by atoms with Crippen LogP contribution in [0.1, 0.15) is 53.9 Å². The average Bonchev–Trinajstić information content (AvgIpc) is 2.12. The third kappa shape index (κ3) is 4.12. The molecule has 0 saturated carbocycles. The van der Waals surface area contributed by atoms with Crippen LogP contribution in [0, 0.1) is 11.8 Å². The zero-order valence-corrected chi connectivity index (χ0v) is 10.3. The maximum Gasteiger partial charge on any atom is 0.0150 e. The number of hydrogen-bond acceptors (Lipinski definition) is 1. The molecule has 1 heteroatoms. The lowest BCUT2D eigenvalue weighted by Gasteiger charge is -2.35. The van der Waals surface area contributed by atoms with E-state index < -0.39 is 0 Å². The molecule has 0 fully saturated rings. The topological polar surface area (TPSA) is 12.0 Å². The molecule has 0 amide bonds. The average molecular weight is 185 g/mol. The first kappa shape index (κ1) is 13.0. The van der Waals surface area contributed by atoms with Crippen molar-refractivity contribution in [1.82, 2.24) is 5.32 Å². The lowest BCUT2D eigenvalue weighted by atomic mass is 9.78. The molecule has 0 aliphatic carbocycles. The summed E-state index contributed by atoms with van der Waals surface area (Å²) in [6.07, 6.45) is 4.05. The Morgan fingerprint density at radius 1 is 1.23 bits per heavy atom. The second-order valence-corrected chi connectivity index (χ2v) is 4.88. The van der Waals surface area contributed by atoms with E-state index in [9.17, 15) is 0 Å². The predicted octanol–water partition coefficient (Wildman–Crippen LogP) is 3.45. The Labute approximate surface area is 84.3 Å². The summed E-state index contributed by atoms with van der Waals surface area (Å²) >= 11 is 0. The summed E-state index contributed by atoms with van der Waals surface area (Å²) in [4.78, 5) is 0. The Hall–Kier alpha value is -0.0400. The molecule has 0 saturated heterocycles. The van der Waals surface area contributed by atoms with Gasteiger partial charge < -0.3 is 5.32 Å². The summed E-state index contributed by atoms with van der Waals surface area (Å²) in [6, 6.07) is 0. The van der Waals surface area contributed by atoms with Gasteiger partial charge in [-0.25, -0.2) is 0 Å². The fourth-order valence-electron chi connectivity index (χ4n) is 1.72. The van der Waals surface area contributed by atoms with E-state index in [2.05, 4.69) is 47.0 Å². The van der Waals surface area contributed by atoms with Crippen LogP contribution in [0.25, 0.3) is 0 Å². The van der Waals surface area contributed by atoms with Crippen LogP contribution in [0.15, 0.2) is 0 Å². The summed E-state index contributed by atoms with van der Waals surface area (Å²) in [7, 11) is 2.06. The Morgan fingerprint density at radius 3 is 2.15 bits per heavy atom. The summed E-state index contributed by atoms with van der Waals surface area (Å²) < 4.78 is 0. The maximum absolute atomic E-state index is 3.40. The van der Waals surface area contributed by atoms with E-state index in [-0.39, 0.29) is 5.54 Å². The molecule has 0 heterocycles. The van der Waals surface area contributed by atoms with E-state index in [1.807, 2.05) is 0 Å². The van der Waals surface area contributed by atoms with Gasteiger partial charge in [0.1, 0.15) is 0 Å². The van der Waals surface area contributed by atoms with Crippen LogP contribution in [0.3, 0.4) is 0 Å². The van der Waals surface area contributed by atoms with Gasteiger partial charge in [0.15, 0.2) is 0 Å². The summed E-state index contributed by atoms with van der Waals surface area (Å²) in [5.41, 5.74) is 0.271. The zero-order chi connectivity index (χ0) is 10.5. The third-order valence-electron chi connectivity index (χ3n) is 3.65. The zero-order valence-electron chi connectivity index (χ0n) is 10.3. The standard InChI is InChI=1S/C12H27N/c1-7-8-9-10(2)11(3)12(4,5)13-6/h10-11,13H,7-9H2,1-6H3. The van der Waals surface area contributed by atoms with Crippen molar-refractivity contribution in [3.63, 3.8) is 0 Å². The largest absolute Gasteiger partial charge is 0.315 e. The molecule has 0 aromatic heterocycles. The van der Waals surface area contributed by atoms with E-state index in [0.29, 0.717) is 0 Å². The Morgan fingerprint density at radius 2 is 1.77 bits per heavy atom. The molecule has 0 aliphatic rings. The second kappa shape index (κ2) is 5.64. The van der Waals surface area contributed by atoms with Gasteiger partial charge in [0.25, 0.3) is 0 Å². The van der Waals surface area contributed by atoms with Crippen LogP contribution in [-0.2, 0) is 0 Å². The quantitative estimate of drug-likeness (QED) is 0.668. The Kier molecular flexibility index (Phi) is 5.62. The lowest BCUT2D eigenvalue weighted by molar-refractivity contribution is 0.204. The van der Waals surface area contributed by atoms with Gasteiger partial charge in [0, 0.05) is 5.54 Å². The molecule has 0 radical (unpaired) electrons. The molecule has 1 N–H and O–H groups in total. The smallest absolute Gasteiger partial charge is 0.0150 e. The number of unbranched alkanes of at least 4 members (excludes halogenated alkanes) is 1. The number of rotatable bonds is 6. The van der Waals surface area contributed by atoms with Crippen LogP contribution in [0.5, 0.6) is 0 Å². The first-order chi connectivity index (χ1) is 5.95. The lowest BCUT2D eigenvalue weighted by Crippen LogP contribution is -2.45. The monoisotopic (exact) mass is 185 g/mol. The van der Waals surface area contributed by atoms with E-state index in [1.165, 1.54) is 19.3 Å². The highest BCUT2D eigenvalue weighted by Gasteiger charge is 2.27. The molecule has 2 atom stereocenters. The van der Waals surface area contributed by atoms with Crippen molar-refractivity contribution < 1.29 is 0 Å². The molecule has 0 aliphatic heterocycles. The first-order valence-corrected chi connectivity index (χ1v) is 5.64. The fraction of sp³-hybridized carbons (Fsp3) is 1.00. The van der Waals surface area contributed by atoms with Gasteiger partial charge in [0.05, 0.1) is 0 Å². The predicted molar refractivity (Wildman–Crippen MR) is 61.0 cm³/mol. The highest BCUT2D eigenvalue weighted by molar-refractivity contribution is 4.84. The summed E-state index contributed by atoms with van der Waals surface area (Å²) in [6.45, 7) is 11.6. The van der Waals surface area contributed by atoms with Crippen molar-refractivity contribution >= 4 is 0 Å². The van der Waals surface area contributed by atoms with Crippen molar-refractivity contribution in [2.75, 3.05) is 7.05 Å². The maximum atomic E-state index is 3.40. The molecule has 0 aromatic rings. The van der Waals surface area contributed by atoms with Gasteiger partial charge in [-0.3, -0.25) is 0 Å². The van der Waals surface area contributed by atoms with E-state index in [4.69, 9.17) is 0 Å². The van der Waals surface area contributed by atoms with Crippen molar-refractivity contribution in [3.05, 3.63) is 0 Å². The fourth-order valence-corrected chi connectivity index (χ4v) is 1.72. The van der Waals surface area contributed by atoms with Gasteiger partial charge in [-0.05, 0) is 32.7 Å². The molecular formula is C12H27N. The normalized spacial score (nSPS) is 17.1. The molecule has 0 spiro atoms.